The van der Waals surface area contributed by atoms with Crippen LogP contribution >= 0.6 is 11.6 Å². The van der Waals surface area contributed by atoms with Crippen LogP contribution in [0.15, 0.2) is 0 Å². The molecule has 1 fully saturated rings. The van der Waals surface area contributed by atoms with E-state index in [2.05, 4.69) is 15.6 Å². The van der Waals surface area contributed by atoms with Gasteiger partial charge in [0.2, 0.25) is 0 Å². The number of hydrogen-bond donors (Lipinski definition) is 4. The van der Waals surface area contributed by atoms with E-state index in [1.54, 1.807) is 0 Å². The van der Waals surface area contributed by atoms with Gasteiger partial charge in [0.15, 0.2) is 17.9 Å². The SMILES string of the molecule is N[C@H]1CCCC[C@H]1Nc1nc(Cl)c2c(c1F)C(O)NC2=O. The van der Waals surface area contributed by atoms with Crippen molar-refractivity contribution < 1.29 is 14.3 Å². The molecule has 0 bridgehead atoms. The van der Waals surface area contributed by atoms with Crippen molar-refractivity contribution in [3.8, 4) is 0 Å². The van der Waals surface area contributed by atoms with E-state index in [1.165, 1.54) is 0 Å². The van der Waals surface area contributed by atoms with Crippen molar-refractivity contribution in [1.82, 2.24) is 10.3 Å². The summed E-state index contributed by atoms with van der Waals surface area (Å²) < 4.78 is 14.5. The molecule has 1 aromatic rings. The minimum atomic E-state index is -1.41. The zero-order chi connectivity index (χ0) is 15.1. The van der Waals surface area contributed by atoms with Crippen LogP contribution in [-0.4, -0.2) is 28.1 Å². The lowest BCUT2D eigenvalue weighted by Gasteiger charge is -2.30. The number of amides is 1. The third-order valence-electron chi connectivity index (χ3n) is 4.04. The minimum Gasteiger partial charge on any atom is -0.369 e. The molecule has 3 rings (SSSR count). The van der Waals surface area contributed by atoms with Crippen LogP contribution in [0.4, 0.5) is 10.2 Å². The number of carbonyl (C=O) groups is 1. The van der Waals surface area contributed by atoms with Gasteiger partial charge in [-0.2, -0.15) is 0 Å². The summed E-state index contributed by atoms with van der Waals surface area (Å²) in [6.07, 6.45) is 2.33. The van der Waals surface area contributed by atoms with Crippen LogP contribution < -0.4 is 16.4 Å². The van der Waals surface area contributed by atoms with E-state index in [4.69, 9.17) is 17.3 Å². The first-order valence-corrected chi connectivity index (χ1v) is 7.26. The molecule has 0 spiro atoms. The zero-order valence-corrected chi connectivity index (χ0v) is 12.0. The number of hydrogen-bond acceptors (Lipinski definition) is 5. The fourth-order valence-corrected chi connectivity index (χ4v) is 3.17. The van der Waals surface area contributed by atoms with Crippen molar-refractivity contribution >= 4 is 23.3 Å². The van der Waals surface area contributed by atoms with Crippen LogP contribution in [-0.2, 0) is 0 Å². The van der Waals surface area contributed by atoms with Gasteiger partial charge in [0.1, 0.15) is 5.15 Å². The molecule has 114 valence electrons. The predicted molar refractivity (Wildman–Crippen MR) is 75.5 cm³/mol. The molecule has 0 radical (unpaired) electrons. The van der Waals surface area contributed by atoms with Gasteiger partial charge in [0.25, 0.3) is 5.91 Å². The number of fused-ring (bicyclic) bond motifs is 1. The smallest absolute Gasteiger partial charge is 0.257 e. The van der Waals surface area contributed by atoms with Crippen LogP contribution in [0.25, 0.3) is 0 Å². The fraction of sp³-hybridized carbons (Fsp3) is 0.538. The molecule has 3 atom stereocenters. The number of nitrogens with zero attached hydrogens (tertiary/aromatic N) is 1. The van der Waals surface area contributed by atoms with E-state index < -0.39 is 18.0 Å². The molecule has 2 aliphatic rings. The number of aliphatic hydroxyl groups excluding tert-OH is 1. The molecular weight excluding hydrogens is 299 g/mol. The van der Waals surface area contributed by atoms with Gasteiger partial charge in [-0.15, -0.1) is 0 Å². The highest BCUT2D eigenvalue weighted by atomic mass is 35.5. The van der Waals surface area contributed by atoms with E-state index in [1.807, 2.05) is 0 Å². The summed E-state index contributed by atoms with van der Waals surface area (Å²) >= 11 is 5.94. The molecule has 1 amide bonds. The molecule has 2 heterocycles. The van der Waals surface area contributed by atoms with Gasteiger partial charge in [0.05, 0.1) is 11.1 Å². The highest BCUT2D eigenvalue weighted by molar-refractivity contribution is 6.33. The Morgan fingerprint density at radius 1 is 1.43 bits per heavy atom. The number of aliphatic hydroxyl groups is 1. The number of aromatic nitrogens is 1. The molecular formula is C13H16ClFN4O2. The Labute approximate surface area is 125 Å². The van der Waals surface area contributed by atoms with Crippen molar-refractivity contribution in [2.24, 2.45) is 5.73 Å². The highest BCUT2D eigenvalue weighted by Crippen LogP contribution is 2.34. The summed E-state index contributed by atoms with van der Waals surface area (Å²) in [7, 11) is 0. The highest BCUT2D eigenvalue weighted by Gasteiger charge is 2.36. The third-order valence-corrected chi connectivity index (χ3v) is 4.31. The summed E-state index contributed by atoms with van der Waals surface area (Å²) in [6.45, 7) is 0. The topological polar surface area (TPSA) is 100 Å². The van der Waals surface area contributed by atoms with Crippen molar-refractivity contribution in [3.05, 3.63) is 22.1 Å². The monoisotopic (exact) mass is 314 g/mol. The maximum atomic E-state index is 14.5. The normalized spacial score (nSPS) is 28.2. The maximum Gasteiger partial charge on any atom is 0.257 e. The average Bonchev–Trinajstić information content (AvgIpc) is 2.74. The molecule has 8 heteroatoms. The fourth-order valence-electron chi connectivity index (χ4n) is 2.90. The molecule has 0 aromatic carbocycles. The van der Waals surface area contributed by atoms with E-state index in [0.29, 0.717) is 0 Å². The van der Waals surface area contributed by atoms with Gasteiger partial charge in [0, 0.05) is 12.1 Å². The second-order valence-corrected chi connectivity index (χ2v) is 5.79. The predicted octanol–water partition coefficient (Wildman–Crippen LogP) is 1.29. The molecule has 1 aliphatic carbocycles. The van der Waals surface area contributed by atoms with Crippen molar-refractivity contribution in [3.63, 3.8) is 0 Å². The van der Waals surface area contributed by atoms with Crippen LogP contribution in [0, 0.1) is 5.82 Å². The summed E-state index contributed by atoms with van der Waals surface area (Å²) in [5.74, 6) is -1.47. The average molecular weight is 315 g/mol. The molecule has 1 unspecified atom stereocenters. The van der Waals surface area contributed by atoms with Gasteiger partial charge in [-0.25, -0.2) is 9.37 Å². The molecule has 21 heavy (non-hydrogen) atoms. The van der Waals surface area contributed by atoms with E-state index in [-0.39, 0.29) is 34.2 Å². The number of nitrogens with one attached hydrogen (secondary N) is 2. The minimum absolute atomic E-state index is 0.0725. The number of rotatable bonds is 2. The number of nitrogens with two attached hydrogens (primary N) is 1. The first kappa shape index (κ1) is 14.5. The standard InChI is InChI=1S/C13H16ClFN4O2/c14-10-8-7(12(20)19-13(8)21)9(15)11(18-10)17-6-4-2-1-3-5(6)16/h5-6,12,20H,1-4,16H2,(H,17,18)(H,19,21)/t5-,6+,12?/m0/s1. The number of anilines is 1. The molecule has 1 saturated carbocycles. The van der Waals surface area contributed by atoms with E-state index in [0.717, 1.165) is 25.7 Å². The maximum absolute atomic E-state index is 14.5. The molecule has 0 saturated heterocycles. The lowest BCUT2D eigenvalue weighted by Crippen LogP contribution is -2.43. The van der Waals surface area contributed by atoms with Crippen molar-refractivity contribution in [2.45, 2.75) is 44.0 Å². The first-order chi connectivity index (χ1) is 9.99. The Kier molecular flexibility index (Phi) is 3.73. The lowest BCUT2D eigenvalue weighted by atomic mass is 9.91. The Bertz CT molecular complexity index is 598. The summed E-state index contributed by atoms with van der Waals surface area (Å²) in [5, 5.41) is 14.8. The van der Waals surface area contributed by atoms with Gasteiger partial charge >= 0.3 is 0 Å². The van der Waals surface area contributed by atoms with E-state index >= 15 is 0 Å². The summed E-state index contributed by atoms with van der Waals surface area (Å²) in [5.41, 5.74) is 5.74. The van der Waals surface area contributed by atoms with Crippen molar-refractivity contribution in [1.29, 1.82) is 0 Å². The van der Waals surface area contributed by atoms with Gasteiger partial charge in [-0.05, 0) is 12.8 Å². The summed E-state index contributed by atoms with van der Waals surface area (Å²) in [6, 6.07) is -0.186. The summed E-state index contributed by atoms with van der Waals surface area (Å²) in [4.78, 5) is 15.5. The molecule has 1 aliphatic heterocycles. The number of carbonyl (C=O) groups excluding carboxylic acids is 1. The quantitative estimate of drug-likeness (QED) is 0.616. The van der Waals surface area contributed by atoms with Crippen molar-refractivity contribution in [2.75, 3.05) is 5.32 Å². The Balaban J connectivity index is 1.95. The van der Waals surface area contributed by atoms with Crippen LogP contribution in [0.5, 0.6) is 0 Å². The van der Waals surface area contributed by atoms with Crippen LogP contribution in [0.1, 0.15) is 47.8 Å². The number of pyridine rings is 1. The van der Waals surface area contributed by atoms with Gasteiger partial charge in [-0.3, -0.25) is 4.79 Å². The van der Waals surface area contributed by atoms with E-state index in [9.17, 15) is 14.3 Å². The molecule has 6 nitrogen and oxygen atoms in total. The second kappa shape index (κ2) is 5.40. The van der Waals surface area contributed by atoms with Gasteiger partial charge in [-0.1, -0.05) is 24.4 Å². The molecule has 1 aromatic heterocycles. The Morgan fingerprint density at radius 3 is 2.86 bits per heavy atom. The Hall–Kier alpha value is -1.44. The third kappa shape index (κ3) is 2.45. The van der Waals surface area contributed by atoms with Crippen LogP contribution in [0.3, 0.4) is 0 Å². The lowest BCUT2D eigenvalue weighted by molar-refractivity contribution is 0.0847. The van der Waals surface area contributed by atoms with Gasteiger partial charge < -0.3 is 21.5 Å². The van der Waals surface area contributed by atoms with Crippen LogP contribution in [0.2, 0.25) is 5.15 Å². The first-order valence-electron chi connectivity index (χ1n) is 6.89. The Morgan fingerprint density at radius 2 is 2.14 bits per heavy atom. The largest absolute Gasteiger partial charge is 0.369 e. The molecule has 5 N–H and O–H groups in total. The number of halogens is 2. The second-order valence-electron chi connectivity index (χ2n) is 5.43. The zero-order valence-electron chi connectivity index (χ0n) is 11.2.